The third kappa shape index (κ3) is 3.03. The monoisotopic (exact) mass is 315 g/mol. The van der Waals surface area contributed by atoms with Gasteiger partial charge in [0.05, 0.1) is 12.0 Å². The molecule has 124 valence electrons. The Labute approximate surface area is 137 Å². The second-order valence-electron chi connectivity index (χ2n) is 6.72. The number of aliphatic imine (C=N–C) groups is 1. The second kappa shape index (κ2) is 5.85. The molecular weight excluding hydrogens is 290 g/mol. The average molecular weight is 315 g/mol. The molecule has 1 fully saturated rings. The number of anilines is 1. The van der Waals surface area contributed by atoms with Gasteiger partial charge in [0.15, 0.2) is 5.96 Å². The Morgan fingerprint density at radius 1 is 1.43 bits per heavy atom. The van der Waals surface area contributed by atoms with Crippen LogP contribution in [0, 0.1) is 0 Å². The fourth-order valence-corrected chi connectivity index (χ4v) is 3.28. The van der Waals surface area contributed by atoms with E-state index in [1.807, 2.05) is 19.1 Å². The van der Waals surface area contributed by atoms with Gasteiger partial charge in [0, 0.05) is 38.4 Å². The maximum atomic E-state index is 12.2. The Kier molecular flexibility index (Phi) is 4.02. The second-order valence-corrected chi connectivity index (χ2v) is 6.72. The number of amides is 1. The maximum absolute atomic E-state index is 12.2. The zero-order valence-electron chi connectivity index (χ0n) is 14.0. The van der Waals surface area contributed by atoms with Crippen LogP contribution in [0.2, 0.25) is 0 Å². The molecule has 2 aliphatic heterocycles. The number of nitrogens with zero attached hydrogens (tertiary/aromatic N) is 3. The number of benzene rings is 1. The van der Waals surface area contributed by atoms with Crippen LogP contribution in [0.5, 0.6) is 0 Å². The molecule has 0 aromatic heterocycles. The summed E-state index contributed by atoms with van der Waals surface area (Å²) in [7, 11) is 1.67. The zero-order chi connectivity index (χ0) is 16.6. The molecule has 6 heteroatoms. The lowest BCUT2D eigenvalue weighted by atomic mass is 9.87. The van der Waals surface area contributed by atoms with Gasteiger partial charge in [0.25, 0.3) is 0 Å². The van der Waals surface area contributed by atoms with Crippen molar-refractivity contribution in [1.29, 1.82) is 0 Å². The van der Waals surface area contributed by atoms with Gasteiger partial charge in [0.2, 0.25) is 5.91 Å². The van der Waals surface area contributed by atoms with Crippen LogP contribution in [-0.4, -0.2) is 49.5 Å². The van der Waals surface area contributed by atoms with Crippen molar-refractivity contribution in [3.05, 3.63) is 29.8 Å². The molecule has 1 saturated heterocycles. The van der Waals surface area contributed by atoms with E-state index in [1.165, 1.54) is 10.6 Å². The summed E-state index contributed by atoms with van der Waals surface area (Å²) < 4.78 is 0. The van der Waals surface area contributed by atoms with Crippen LogP contribution < -0.4 is 16.0 Å². The largest absolute Gasteiger partial charge is 0.369 e. The van der Waals surface area contributed by atoms with E-state index in [2.05, 4.69) is 34.3 Å². The zero-order valence-corrected chi connectivity index (χ0v) is 14.0. The van der Waals surface area contributed by atoms with E-state index in [-0.39, 0.29) is 11.9 Å². The summed E-state index contributed by atoms with van der Waals surface area (Å²) in [6.45, 7) is 7.12. The van der Waals surface area contributed by atoms with Gasteiger partial charge in [0.1, 0.15) is 0 Å². The number of piperazine rings is 1. The number of nitrogens with two attached hydrogens (primary N) is 1. The molecule has 1 aromatic carbocycles. The summed E-state index contributed by atoms with van der Waals surface area (Å²) in [5.74, 6) is 0.283. The minimum absolute atomic E-state index is 0.00111. The fourth-order valence-electron chi connectivity index (χ4n) is 3.28. The smallest absolute Gasteiger partial charge is 0.231 e. The van der Waals surface area contributed by atoms with Crippen LogP contribution in [0.25, 0.3) is 0 Å². The lowest BCUT2D eigenvalue weighted by molar-refractivity contribution is -0.128. The summed E-state index contributed by atoms with van der Waals surface area (Å²) in [5, 5.41) is 3.45. The van der Waals surface area contributed by atoms with Crippen molar-refractivity contribution in [2.45, 2.75) is 31.8 Å². The van der Waals surface area contributed by atoms with Crippen molar-refractivity contribution in [1.82, 2.24) is 10.2 Å². The number of hydrogen-bond acceptors (Lipinski definition) is 5. The molecule has 2 aliphatic rings. The Morgan fingerprint density at radius 2 is 2.22 bits per heavy atom. The summed E-state index contributed by atoms with van der Waals surface area (Å²) in [5.41, 5.74) is 7.53. The molecule has 2 atom stereocenters. The van der Waals surface area contributed by atoms with Crippen molar-refractivity contribution in [3.8, 4) is 0 Å². The van der Waals surface area contributed by atoms with Crippen molar-refractivity contribution in [2.24, 2.45) is 10.7 Å². The minimum Gasteiger partial charge on any atom is -0.369 e. The first kappa shape index (κ1) is 15.8. The van der Waals surface area contributed by atoms with E-state index in [9.17, 15) is 4.79 Å². The van der Waals surface area contributed by atoms with Crippen LogP contribution in [-0.2, 0) is 10.3 Å². The SMILES string of the molecule is CC1CN(c2cccc([C@]3(C)CC(=O)N(C)C(N)=N3)c2)CCN1. The van der Waals surface area contributed by atoms with Crippen LogP contribution >= 0.6 is 0 Å². The highest BCUT2D eigenvalue weighted by atomic mass is 16.2. The fraction of sp³-hybridized carbons (Fsp3) is 0.529. The molecular formula is C17H25N5O. The standard InChI is InChI=1S/C17H25N5O/c1-12-11-22(8-7-19-12)14-6-4-5-13(9-14)17(2)10-15(23)21(3)16(18)20-17/h4-6,9,12,19H,7-8,10-11H2,1-3H3,(H2,18,20)/t12?,17-/m0/s1. The van der Waals surface area contributed by atoms with Crippen molar-refractivity contribution in [3.63, 3.8) is 0 Å². The summed E-state index contributed by atoms with van der Waals surface area (Å²) in [4.78, 5) is 20.5. The number of hydrogen-bond donors (Lipinski definition) is 2. The molecule has 1 unspecified atom stereocenters. The van der Waals surface area contributed by atoms with E-state index in [0.717, 1.165) is 25.2 Å². The predicted octanol–water partition coefficient (Wildman–Crippen LogP) is 0.877. The molecule has 0 radical (unpaired) electrons. The first-order valence-corrected chi connectivity index (χ1v) is 8.10. The molecule has 0 saturated carbocycles. The van der Waals surface area contributed by atoms with Gasteiger partial charge in [-0.3, -0.25) is 9.69 Å². The molecule has 3 N–H and O–H groups in total. The number of rotatable bonds is 2. The highest BCUT2D eigenvalue weighted by molar-refractivity contribution is 5.98. The first-order chi connectivity index (χ1) is 10.9. The molecule has 1 amide bonds. The van der Waals surface area contributed by atoms with Crippen molar-refractivity contribution < 1.29 is 4.79 Å². The first-order valence-electron chi connectivity index (χ1n) is 8.10. The van der Waals surface area contributed by atoms with Gasteiger partial charge < -0.3 is 16.0 Å². The van der Waals surface area contributed by atoms with Crippen molar-refractivity contribution in [2.75, 3.05) is 31.6 Å². The highest BCUT2D eigenvalue weighted by Crippen LogP contribution is 2.34. The number of nitrogens with one attached hydrogen (secondary N) is 1. The maximum Gasteiger partial charge on any atom is 0.231 e. The number of carbonyl (C=O) groups is 1. The number of carbonyl (C=O) groups excluding carboxylic acids is 1. The van der Waals surface area contributed by atoms with Crippen LogP contribution in [0.15, 0.2) is 29.3 Å². The molecule has 1 aromatic rings. The van der Waals surface area contributed by atoms with Crippen LogP contribution in [0.1, 0.15) is 25.8 Å². The summed E-state index contributed by atoms with van der Waals surface area (Å²) >= 11 is 0. The van der Waals surface area contributed by atoms with E-state index in [0.29, 0.717) is 12.5 Å². The van der Waals surface area contributed by atoms with Gasteiger partial charge in [-0.15, -0.1) is 0 Å². The van der Waals surface area contributed by atoms with Gasteiger partial charge >= 0.3 is 0 Å². The molecule has 2 heterocycles. The molecule has 6 nitrogen and oxygen atoms in total. The number of guanidine groups is 1. The van der Waals surface area contributed by atoms with Gasteiger partial charge in [-0.2, -0.15) is 0 Å². The highest BCUT2D eigenvalue weighted by Gasteiger charge is 2.36. The van der Waals surface area contributed by atoms with E-state index < -0.39 is 5.54 Å². The third-order valence-corrected chi connectivity index (χ3v) is 4.78. The van der Waals surface area contributed by atoms with E-state index in [4.69, 9.17) is 5.73 Å². The van der Waals surface area contributed by atoms with Gasteiger partial charge in [-0.1, -0.05) is 12.1 Å². The van der Waals surface area contributed by atoms with Gasteiger partial charge in [-0.05, 0) is 31.5 Å². The summed E-state index contributed by atoms with van der Waals surface area (Å²) in [6.07, 6.45) is 0.339. The Morgan fingerprint density at radius 3 is 2.91 bits per heavy atom. The normalized spacial score (nSPS) is 28.7. The van der Waals surface area contributed by atoms with Crippen LogP contribution in [0.4, 0.5) is 5.69 Å². The lowest BCUT2D eigenvalue weighted by Crippen LogP contribution is -2.49. The third-order valence-electron chi connectivity index (χ3n) is 4.78. The Balaban J connectivity index is 1.92. The molecule has 3 rings (SSSR count). The van der Waals surface area contributed by atoms with E-state index >= 15 is 0 Å². The summed E-state index contributed by atoms with van der Waals surface area (Å²) in [6, 6.07) is 8.81. The molecule has 0 spiro atoms. The minimum atomic E-state index is -0.594. The molecule has 23 heavy (non-hydrogen) atoms. The quantitative estimate of drug-likeness (QED) is 0.849. The predicted molar refractivity (Wildman–Crippen MR) is 92.5 cm³/mol. The van der Waals surface area contributed by atoms with Crippen LogP contribution in [0.3, 0.4) is 0 Å². The van der Waals surface area contributed by atoms with Crippen molar-refractivity contribution >= 4 is 17.6 Å². The van der Waals surface area contributed by atoms with Gasteiger partial charge in [-0.25, -0.2) is 4.99 Å². The lowest BCUT2D eigenvalue weighted by Gasteiger charge is -2.36. The molecule has 0 aliphatic carbocycles. The topological polar surface area (TPSA) is 74.0 Å². The molecule has 0 bridgehead atoms. The Bertz CT molecular complexity index is 644. The van der Waals surface area contributed by atoms with E-state index in [1.54, 1.807) is 7.05 Å². The average Bonchev–Trinajstić information content (AvgIpc) is 2.53. The Hall–Kier alpha value is -2.08.